The lowest BCUT2D eigenvalue weighted by Crippen LogP contribution is -2.24. The van der Waals surface area contributed by atoms with Gasteiger partial charge in [0.15, 0.2) is 11.5 Å². The Hall–Kier alpha value is -2.40. The Bertz CT molecular complexity index is 469. The molecule has 0 saturated carbocycles. The predicted octanol–water partition coefficient (Wildman–Crippen LogP) is 1.83. The van der Waals surface area contributed by atoms with Crippen molar-refractivity contribution < 1.29 is 14.6 Å². The first-order valence-corrected chi connectivity index (χ1v) is 5.35. The SMILES string of the molecule is COc1ccc(C(=O)NCCCN=[N+]=[N-])cc1O. The Kier molecular flexibility index (Phi) is 5.34. The Morgan fingerprint density at radius 2 is 2.39 bits per heavy atom. The lowest BCUT2D eigenvalue weighted by atomic mass is 10.2. The van der Waals surface area contributed by atoms with Crippen LogP contribution in [-0.2, 0) is 0 Å². The van der Waals surface area contributed by atoms with Gasteiger partial charge < -0.3 is 15.2 Å². The van der Waals surface area contributed by atoms with Crippen LogP contribution in [0.1, 0.15) is 16.8 Å². The highest BCUT2D eigenvalue weighted by Gasteiger charge is 2.08. The van der Waals surface area contributed by atoms with Crippen LogP contribution < -0.4 is 10.1 Å². The lowest BCUT2D eigenvalue weighted by Gasteiger charge is -2.07. The van der Waals surface area contributed by atoms with Crippen molar-refractivity contribution in [3.05, 3.63) is 34.2 Å². The van der Waals surface area contributed by atoms with Gasteiger partial charge in [-0.05, 0) is 30.2 Å². The van der Waals surface area contributed by atoms with E-state index in [4.69, 9.17) is 10.3 Å². The number of carbonyl (C=O) groups excluding carboxylic acids is 1. The molecular formula is C11H14N4O3. The molecule has 0 atom stereocenters. The van der Waals surface area contributed by atoms with Crippen LogP contribution in [0.25, 0.3) is 10.4 Å². The van der Waals surface area contributed by atoms with Gasteiger partial charge in [-0.3, -0.25) is 4.79 Å². The highest BCUT2D eigenvalue weighted by molar-refractivity contribution is 5.94. The zero-order chi connectivity index (χ0) is 13.4. The molecule has 1 aromatic rings. The molecule has 0 radical (unpaired) electrons. The summed E-state index contributed by atoms with van der Waals surface area (Å²) in [6.07, 6.45) is 0.567. The molecule has 1 aromatic carbocycles. The summed E-state index contributed by atoms with van der Waals surface area (Å²) in [6, 6.07) is 4.41. The number of hydrogen-bond acceptors (Lipinski definition) is 4. The van der Waals surface area contributed by atoms with Crippen molar-refractivity contribution in [2.24, 2.45) is 5.11 Å². The standard InChI is InChI=1S/C11H14N4O3/c1-18-10-4-3-8(7-9(10)16)11(17)13-5-2-6-14-15-12/h3-4,7,16H,2,5-6H2,1H3,(H,13,17). The summed E-state index contributed by atoms with van der Waals surface area (Å²) >= 11 is 0. The number of phenols is 1. The highest BCUT2D eigenvalue weighted by Crippen LogP contribution is 2.25. The van der Waals surface area contributed by atoms with Gasteiger partial charge in [0.25, 0.3) is 5.91 Å². The normalized spacial score (nSPS) is 9.39. The molecule has 96 valence electrons. The minimum atomic E-state index is -0.297. The topological polar surface area (TPSA) is 107 Å². The average Bonchev–Trinajstić information content (AvgIpc) is 2.38. The van der Waals surface area contributed by atoms with Crippen molar-refractivity contribution in [3.63, 3.8) is 0 Å². The van der Waals surface area contributed by atoms with Crippen LogP contribution in [-0.4, -0.2) is 31.2 Å². The van der Waals surface area contributed by atoms with Crippen molar-refractivity contribution in [1.82, 2.24) is 5.32 Å². The third kappa shape index (κ3) is 3.88. The number of amides is 1. The third-order valence-corrected chi connectivity index (χ3v) is 2.22. The van der Waals surface area contributed by atoms with E-state index in [-0.39, 0.29) is 11.7 Å². The van der Waals surface area contributed by atoms with Gasteiger partial charge >= 0.3 is 0 Å². The highest BCUT2D eigenvalue weighted by atomic mass is 16.5. The second kappa shape index (κ2) is 7.03. The molecule has 0 aliphatic rings. The van der Waals surface area contributed by atoms with Crippen molar-refractivity contribution in [1.29, 1.82) is 0 Å². The van der Waals surface area contributed by atoms with E-state index in [1.165, 1.54) is 19.2 Å². The number of benzene rings is 1. The molecule has 1 amide bonds. The van der Waals surface area contributed by atoms with Gasteiger partial charge in [-0.15, -0.1) is 0 Å². The van der Waals surface area contributed by atoms with E-state index >= 15 is 0 Å². The average molecular weight is 250 g/mol. The van der Waals surface area contributed by atoms with Gasteiger partial charge in [-0.2, -0.15) is 0 Å². The van der Waals surface area contributed by atoms with Gasteiger partial charge in [0, 0.05) is 23.6 Å². The first-order valence-electron chi connectivity index (χ1n) is 5.35. The fraction of sp³-hybridized carbons (Fsp3) is 0.364. The van der Waals surface area contributed by atoms with E-state index in [1.54, 1.807) is 6.07 Å². The number of nitrogens with one attached hydrogen (secondary N) is 1. The molecule has 0 fully saturated rings. The monoisotopic (exact) mass is 250 g/mol. The van der Waals surface area contributed by atoms with E-state index in [2.05, 4.69) is 15.3 Å². The minimum absolute atomic E-state index is 0.0840. The zero-order valence-electron chi connectivity index (χ0n) is 9.96. The molecule has 0 spiro atoms. The van der Waals surface area contributed by atoms with E-state index in [9.17, 15) is 9.90 Å². The molecule has 0 heterocycles. The van der Waals surface area contributed by atoms with Crippen LogP contribution in [0, 0.1) is 0 Å². The molecule has 0 bridgehead atoms. The maximum Gasteiger partial charge on any atom is 0.251 e. The van der Waals surface area contributed by atoms with Crippen LogP contribution in [0.2, 0.25) is 0 Å². The van der Waals surface area contributed by atoms with Gasteiger partial charge in [0.05, 0.1) is 7.11 Å². The summed E-state index contributed by atoms with van der Waals surface area (Å²) in [5.41, 5.74) is 8.41. The van der Waals surface area contributed by atoms with Crippen molar-refractivity contribution in [3.8, 4) is 11.5 Å². The van der Waals surface area contributed by atoms with Gasteiger partial charge in [0.1, 0.15) is 0 Å². The molecule has 0 saturated heterocycles. The molecule has 1 rings (SSSR count). The Balaban J connectivity index is 2.51. The summed E-state index contributed by atoms with van der Waals surface area (Å²) < 4.78 is 4.88. The number of hydrogen-bond donors (Lipinski definition) is 2. The second-order valence-corrected chi connectivity index (χ2v) is 3.45. The molecule has 0 aliphatic heterocycles. The smallest absolute Gasteiger partial charge is 0.251 e. The van der Waals surface area contributed by atoms with E-state index in [0.29, 0.717) is 30.8 Å². The van der Waals surface area contributed by atoms with Crippen molar-refractivity contribution in [2.75, 3.05) is 20.2 Å². The van der Waals surface area contributed by atoms with Crippen molar-refractivity contribution in [2.45, 2.75) is 6.42 Å². The summed E-state index contributed by atoms with van der Waals surface area (Å²) in [6.45, 7) is 0.745. The first-order chi connectivity index (χ1) is 8.69. The molecule has 0 unspecified atom stereocenters. The zero-order valence-corrected chi connectivity index (χ0v) is 9.96. The molecule has 7 heteroatoms. The van der Waals surface area contributed by atoms with Crippen LogP contribution in [0.4, 0.5) is 0 Å². The van der Waals surface area contributed by atoms with Gasteiger partial charge in [-0.25, -0.2) is 0 Å². The van der Waals surface area contributed by atoms with Gasteiger partial charge in [-0.1, -0.05) is 5.11 Å². The fourth-order valence-corrected chi connectivity index (χ4v) is 1.33. The maximum absolute atomic E-state index is 11.7. The van der Waals surface area contributed by atoms with Gasteiger partial charge in [0.2, 0.25) is 0 Å². The second-order valence-electron chi connectivity index (χ2n) is 3.45. The maximum atomic E-state index is 11.7. The molecule has 7 nitrogen and oxygen atoms in total. The largest absolute Gasteiger partial charge is 0.504 e. The quantitative estimate of drug-likeness (QED) is 0.348. The molecule has 0 aliphatic carbocycles. The number of azide groups is 1. The molecule has 18 heavy (non-hydrogen) atoms. The van der Waals surface area contributed by atoms with E-state index in [0.717, 1.165) is 0 Å². The molecular weight excluding hydrogens is 236 g/mol. The fourth-order valence-electron chi connectivity index (χ4n) is 1.33. The first kappa shape index (κ1) is 13.7. The summed E-state index contributed by atoms with van der Waals surface area (Å²) in [4.78, 5) is 14.3. The number of nitrogens with zero attached hydrogens (tertiary/aromatic N) is 3. The number of methoxy groups -OCH3 is 1. The summed E-state index contributed by atoms with van der Waals surface area (Å²) in [7, 11) is 1.44. The van der Waals surface area contributed by atoms with Crippen molar-refractivity contribution >= 4 is 5.91 Å². The van der Waals surface area contributed by atoms with Crippen LogP contribution >= 0.6 is 0 Å². The Morgan fingerprint density at radius 1 is 1.61 bits per heavy atom. The summed E-state index contributed by atoms with van der Waals surface area (Å²) in [5.74, 6) is -0.0666. The number of phenolic OH excluding ortho intramolecular Hbond substituents is 1. The summed E-state index contributed by atoms with van der Waals surface area (Å²) in [5, 5.41) is 15.5. The van der Waals surface area contributed by atoms with Crippen LogP contribution in [0.5, 0.6) is 11.5 Å². The minimum Gasteiger partial charge on any atom is -0.504 e. The lowest BCUT2D eigenvalue weighted by molar-refractivity contribution is 0.0953. The van der Waals surface area contributed by atoms with Crippen LogP contribution in [0.15, 0.2) is 23.3 Å². The number of ether oxygens (including phenoxy) is 1. The number of carbonyl (C=O) groups is 1. The number of aromatic hydroxyl groups is 1. The van der Waals surface area contributed by atoms with E-state index < -0.39 is 0 Å². The molecule has 2 N–H and O–H groups in total. The predicted molar refractivity (Wildman–Crippen MR) is 65.6 cm³/mol. The molecule has 0 aromatic heterocycles. The Labute approximate surface area is 104 Å². The number of rotatable bonds is 6. The third-order valence-electron chi connectivity index (χ3n) is 2.22. The van der Waals surface area contributed by atoms with E-state index in [1.807, 2.05) is 0 Å². The van der Waals surface area contributed by atoms with Crippen LogP contribution in [0.3, 0.4) is 0 Å². The Morgan fingerprint density at radius 3 is 3.00 bits per heavy atom.